The monoisotopic (exact) mass is 238 g/mol. The Labute approximate surface area is 105 Å². The summed E-state index contributed by atoms with van der Waals surface area (Å²) in [6.45, 7) is 0. The highest BCUT2D eigenvalue weighted by molar-refractivity contribution is 6.29. The normalized spacial score (nSPS) is 14.9. The van der Waals surface area contributed by atoms with E-state index >= 15 is 0 Å². The maximum absolute atomic E-state index is 12.3. The second-order valence-corrected chi connectivity index (χ2v) is 4.50. The van der Waals surface area contributed by atoms with Crippen LogP contribution in [0.4, 0.5) is 0 Å². The smallest absolute Gasteiger partial charge is 0.178 e. The molecule has 0 bridgehead atoms. The van der Waals surface area contributed by atoms with Crippen LogP contribution in [0.1, 0.15) is 32.2 Å². The van der Waals surface area contributed by atoms with Gasteiger partial charge in [0.15, 0.2) is 24.0 Å². The minimum atomic E-state index is -0.663. The summed E-state index contributed by atoms with van der Waals surface area (Å²) in [6.07, 6.45) is 3.69. The van der Waals surface area contributed by atoms with Gasteiger partial charge >= 0.3 is 0 Å². The number of pyridine rings is 1. The summed E-state index contributed by atoms with van der Waals surface area (Å²) in [5, 5.41) is 0. The molecule has 1 aromatic heterocycles. The van der Waals surface area contributed by atoms with Crippen molar-refractivity contribution in [3.05, 3.63) is 65.5 Å². The number of aryl methyl sites for hydroxylation is 1. The van der Waals surface area contributed by atoms with E-state index < -0.39 is 5.92 Å². The topological polar surface area (TPSA) is 38.0 Å². The molecule has 0 atom stereocenters. The van der Waals surface area contributed by atoms with Gasteiger partial charge in [0.25, 0.3) is 0 Å². The lowest BCUT2D eigenvalue weighted by Gasteiger charge is -2.05. The lowest BCUT2D eigenvalue weighted by atomic mass is 9.95. The third-order valence-corrected chi connectivity index (χ3v) is 3.32. The highest BCUT2D eigenvalue weighted by atomic mass is 16.2. The number of hydrogen-bond donors (Lipinski definition) is 0. The van der Waals surface area contributed by atoms with E-state index in [1.165, 1.54) is 0 Å². The van der Waals surface area contributed by atoms with E-state index in [4.69, 9.17) is 0 Å². The number of aromatic nitrogens is 1. The lowest BCUT2D eigenvalue weighted by molar-refractivity contribution is -0.671. The number of hydrogen-bond acceptors (Lipinski definition) is 2. The van der Waals surface area contributed by atoms with Crippen molar-refractivity contribution in [3.63, 3.8) is 0 Å². The molecule has 0 N–H and O–H groups in total. The summed E-state index contributed by atoms with van der Waals surface area (Å²) in [4.78, 5) is 24.5. The lowest BCUT2D eigenvalue weighted by Crippen LogP contribution is -2.27. The summed E-state index contributed by atoms with van der Waals surface area (Å²) in [7, 11) is 1.90. The van der Waals surface area contributed by atoms with Gasteiger partial charge in [0.1, 0.15) is 13.0 Å². The molecule has 0 aliphatic heterocycles. The summed E-state index contributed by atoms with van der Waals surface area (Å²) >= 11 is 0. The van der Waals surface area contributed by atoms with Crippen LogP contribution >= 0.6 is 0 Å². The van der Waals surface area contributed by atoms with E-state index in [0.717, 1.165) is 5.56 Å². The van der Waals surface area contributed by atoms with Crippen LogP contribution in [0.25, 0.3) is 0 Å². The first-order chi connectivity index (χ1) is 8.68. The van der Waals surface area contributed by atoms with Crippen molar-refractivity contribution in [3.8, 4) is 0 Å². The van der Waals surface area contributed by atoms with Gasteiger partial charge in [-0.15, -0.1) is 0 Å². The zero-order chi connectivity index (χ0) is 12.7. The van der Waals surface area contributed by atoms with Crippen molar-refractivity contribution in [2.75, 3.05) is 0 Å². The zero-order valence-electron chi connectivity index (χ0n) is 9.96. The average Bonchev–Trinajstić information content (AvgIpc) is 2.64. The van der Waals surface area contributed by atoms with Crippen LogP contribution in [0.2, 0.25) is 0 Å². The predicted octanol–water partition coefficient (Wildman–Crippen LogP) is 1.67. The molecular formula is C15H12NO2+. The Balaban J connectivity index is 2.09. The number of fused-ring (bicyclic) bond motifs is 1. The van der Waals surface area contributed by atoms with Gasteiger partial charge in [-0.25, -0.2) is 4.57 Å². The summed E-state index contributed by atoms with van der Waals surface area (Å²) in [6, 6.07) is 10.7. The van der Waals surface area contributed by atoms with Gasteiger partial charge in [0, 0.05) is 23.3 Å². The first kappa shape index (κ1) is 10.8. The standard InChI is InChI=1S/C15H12NO2/c1-16-8-6-10(7-9-16)13-14(17)11-4-2-3-5-12(11)15(13)18/h2-9,13H,1H3/q+1. The molecule has 1 aliphatic carbocycles. The number of carbonyl (C=O) groups excluding carboxylic acids is 2. The predicted molar refractivity (Wildman–Crippen MR) is 65.5 cm³/mol. The van der Waals surface area contributed by atoms with Gasteiger partial charge in [-0.05, 0) is 5.56 Å². The molecule has 1 aliphatic rings. The van der Waals surface area contributed by atoms with Crippen LogP contribution in [0.5, 0.6) is 0 Å². The highest BCUT2D eigenvalue weighted by Gasteiger charge is 2.39. The van der Waals surface area contributed by atoms with Crippen LogP contribution in [0.3, 0.4) is 0 Å². The molecule has 3 heteroatoms. The molecule has 2 aromatic rings. The average molecular weight is 238 g/mol. The Kier molecular flexibility index (Phi) is 2.33. The molecule has 3 rings (SSSR count). The molecule has 0 spiro atoms. The minimum absolute atomic E-state index is 0.0931. The van der Waals surface area contributed by atoms with Crippen molar-refractivity contribution in [2.45, 2.75) is 5.92 Å². The van der Waals surface area contributed by atoms with Crippen molar-refractivity contribution in [2.24, 2.45) is 7.05 Å². The van der Waals surface area contributed by atoms with Crippen molar-refractivity contribution in [1.29, 1.82) is 0 Å². The number of benzene rings is 1. The minimum Gasteiger partial charge on any atom is -0.293 e. The number of nitrogens with zero attached hydrogens (tertiary/aromatic N) is 1. The molecule has 1 heterocycles. The van der Waals surface area contributed by atoms with Crippen LogP contribution < -0.4 is 4.57 Å². The second kappa shape index (κ2) is 3.88. The molecule has 1 aromatic carbocycles. The van der Waals surface area contributed by atoms with E-state index in [1.807, 2.05) is 36.1 Å². The second-order valence-electron chi connectivity index (χ2n) is 4.50. The SMILES string of the molecule is C[n+]1ccc(C2C(=O)c3ccccc3C2=O)cc1. The Bertz CT molecular complexity index is 609. The zero-order valence-corrected chi connectivity index (χ0v) is 9.96. The third kappa shape index (κ3) is 1.48. The fourth-order valence-electron chi connectivity index (χ4n) is 2.35. The summed E-state index contributed by atoms with van der Waals surface area (Å²) in [5.41, 5.74) is 1.85. The van der Waals surface area contributed by atoms with E-state index in [9.17, 15) is 9.59 Å². The van der Waals surface area contributed by atoms with Crippen molar-refractivity contribution < 1.29 is 14.2 Å². The summed E-state index contributed by atoms with van der Waals surface area (Å²) in [5.74, 6) is -0.850. The molecule has 0 unspecified atom stereocenters. The molecular weight excluding hydrogens is 226 g/mol. The molecule has 0 radical (unpaired) electrons. The maximum atomic E-state index is 12.3. The first-order valence-corrected chi connectivity index (χ1v) is 5.81. The number of ketones is 2. The Hall–Kier alpha value is -2.29. The van der Waals surface area contributed by atoms with Gasteiger partial charge in [-0.1, -0.05) is 24.3 Å². The molecule has 3 nitrogen and oxygen atoms in total. The van der Waals surface area contributed by atoms with Gasteiger partial charge in [0.2, 0.25) is 0 Å². The van der Waals surface area contributed by atoms with Crippen LogP contribution in [0, 0.1) is 0 Å². The summed E-state index contributed by atoms with van der Waals surface area (Å²) < 4.78 is 1.88. The molecule has 18 heavy (non-hydrogen) atoms. The first-order valence-electron chi connectivity index (χ1n) is 5.81. The van der Waals surface area contributed by atoms with Crippen LogP contribution in [-0.4, -0.2) is 11.6 Å². The largest absolute Gasteiger partial charge is 0.293 e. The number of rotatable bonds is 1. The molecule has 0 saturated carbocycles. The van der Waals surface area contributed by atoms with Crippen molar-refractivity contribution >= 4 is 11.6 Å². The van der Waals surface area contributed by atoms with E-state index in [0.29, 0.717) is 11.1 Å². The van der Waals surface area contributed by atoms with Gasteiger partial charge < -0.3 is 0 Å². The molecule has 0 fully saturated rings. The van der Waals surface area contributed by atoms with E-state index in [-0.39, 0.29) is 11.6 Å². The fourth-order valence-corrected chi connectivity index (χ4v) is 2.35. The Morgan fingerprint density at radius 2 is 1.39 bits per heavy atom. The number of carbonyl (C=O) groups is 2. The third-order valence-electron chi connectivity index (χ3n) is 3.32. The van der Waals surface area contributed by atoms with E-state index in [2.05, 4.69) is 0 Å². The molecule has 0 saturated heterocycles. The Morgan fingerprint density at radius 3 is 1.89 bits per heavy atom. The highest BCUT2D eigenvalue weighted by Crippen LogP contribution is 2.33. The van der Waals surface area contributed by atoms with Gasteiger partial charge in [0.05, 0.1) is 0 Å². The maximum Gasteiger partial charge on any atom is 0.178 e. The van der Waals surface area contributed by atoms with Crippen molar-refractivity contribution in [1.82, 2.24) is 0 Å². The molecule has 88 valence electrons. The number of Topliss-reactive ketones (excluding diaryl/α,β-unsaturated/α-hetero) is 2. The fraction of sp³-hybridized carbons (Fsp3) is 0.133. The Morgan fingerprint density at radius 1 is 0.889 bits per heavy atom. The quantitative estimate of drug-likeness (QED) is 0.560. The van der Waals surface area contributed by atoms with Gasteiger partial charge in [-0.3, -0.25) is 9.59 Å². The van der Waals surface area contributed by atoms with Crippen LogP contribution in [-0.2, 0) is 7.05 Å². The van der Waals surface area contributed by atoms with E-state index in [1.54, 1.807) is 24.3 Å². The van der Waals surface area contributed by atoms with Crippen LogP contribution in [0.15, 0.2) is 48.8 Å². The molecule has 0 amide bonds. The van der Waals surface area contributed by atoms with Gasteiger partial charge in [-0.2, -0.15) is 0 Å².